The second kappa shape index (κ2) is 13.3. The maximum absolute atomic E-state index is 13.7. The minimum absolute atomic E-state index is 0. The largest absolute Gasteiger partial charge is 0.493 e. The second-order valence-electron chi connectivity index (χ2n) is 5.83. The molecule has 2 aromatic carbocycles. The van der Waals surface area contributed by atoms with Gasteiger partial charge in [-0.05, 0) is 42.3 Å². The molecule has 0 aliphatic carbocycles. The lowest BCUT2D eigenvalue weighted by atomic mass is 10.1. The first-order valence-corrected chi connectivity index (χ1v) is 8.76. The van der Waals surface area contributed by atoms with Gasteiger partial charge in [-0.1, -0.05) is 6.07 Å². The zero-order chi connectivity index (χ0) is 19.5. The predicted octanol–water partition coefficient (Wildman–Crippen LogP) is 4.23. The molecule has 2 aromatic rings. The van der Waals surface area contributed by atoms with Crippen LogP contribution in [0.5, 0.6) is 5.75 Å². The number of nitrogens with zero attached hydrogens (tertiary/aromatic N) is 1. The van der Waals surface area contributed by atoms with Crippen LogP contribution in [0.1, 0.15) is 12.0 Å². The summed E-state index contributed by atoms with van der Waals surface area (Å²) in [6, 6.07) is 11.0. The highest BCUT2D eigenvalue weighted by atomic mass is 127. The molecule has 0 unspecified atom stereocenters. The summed E-state index contributed by atoms with van der Waals surface area (Å²) in [6.45, 7) is 1.64. The van der Waals surface area contributed by atoms with E-state index in [-0.39, 0.29) is 24.0 Å². The molecule has 0 aliphatic rings. The number of ether oxygens (including phenoxy) is 2. The van der Waals surface area contributed by atoms with Crippen molar-refractivity contribution in [2.24, 2.45) is 4.99 Å². The zero-order valence-corrected chi connectivity index (χ0v) is 18.3. The average Bonchev–Trinajstić information content (AvgIpc) is 2.67. The fraction of sp³-hybridized carbons (Fsp3) is 0.350. The summed E-state index contributed by atoms with van der Waals surface area (Å²) < 4.78 is 37.5. The Morgan fingerprint density at radius 1 is 1.11 bits per heavy atom. The molecule has 0 amide bonds. The van der Waals surface area contributed by atoms with Crippen molar-refractivity contribution in [2.75, 3.05) is 39.2 Å². The van der Waals surface area contributed by atoms with Gasteiger partial charge in [0.05, 0.1) is 6.61 Å². The van der Waals surface area contributed by atoms with Crippen molar-refractivity contribution in [1.82, 2.24) is 5.32 Å². The van der Waals surface area contributed by atoms with Gasteiger partial charge in [-0.2, -0.15) is 0 Å². The van der Waals surface area contributed by atoms with Crippen LogP contribution < -0.4 is 15.4 Å². The summed E-state index contributed by atoms with van der Waals surface area (Å²) in [5.74, 6) is 0.410. The molecule has 0 heterocycles. The second-order valence-corrected chi connectivity index (χ2v) is 5.83. The molecule has 2 N–H and O–H groups in total. The van der Waals surface area contributed by atoms with Crippen LogP contribution in [0.4, 0.5) is 14.5 Å². The van der Waals surface area contributed by atoms with Crippen LogP contribution in [0.3, 0.4) is 0 Å². The highest BCUT2D eigenvalue weighted by Gasteiger charge is 2.05. The quantitative estimate of drug-likeness (QED) is 0.232. The van der Waals surface area contributed by atoms with Gasteiger partial charge in [-0.25, -0.2) is 8.78 Å². The first kappa shape index (κ1) is 24.1. The number of benzene rings is 2. The van der Waals surface area contributed by atoms with Gasteiger partial charge in [-0.3, -0.25) is 4.99 Å². The molecule has 0 bridgehead atoms. The summed E-state index contributed by atoms with van der Waals surface area (Å²) >= 11 is 0. The third-order valence-corrected chi connectivity index (χ3v) is 3.78. The van der Waals surface area contributed by atoms with Gasteiger partial charge >= 0.3 is 0 Å². The Labute approximate surface area is 181 Å². The molecule has 0 radical (unpaired) electrons. The number of halogens is 3. The lowest BCUT2D eigenvalue weighted by Gasteiger charge is -2.13. The van der Waals surface area contributed by atoms with Crippen LogP contribution in [0.25, 0.3) is 0 Å². The number of rotatable bonds is 9. The standard InChI is InChI=1S/C20H25F2N3O2.HI/c1-23-20(24-10-9-15-13-16(21)7-8-19(15)22)25-17-5-3-6-18(14-17)27-12-4-11-26-2;/h3,5-8,13-14H,4,9-12H2,1-2H3,(H2,23,24,25);1H. The highest BCUT2D eigenvalue weighted by Crippen LogP contribution is 2.17. The summed E-state index contributed by atoms with van der Waals surface area (Å²) in [7, 11) is 3.30. The molecule has 0 spiro atoms. The monoisotopic (exact) mass is 505 g/mol. The lowest BCUT2D eigenvalue weighted by Crippen LogP contribution is -2.32. The van der Waals surface area contributed by atoms with Crippen molar-refractivity contribution in [3.05, 3.63) is 59.7 Å². The number of hydrogen-bond donors (Lipinski definition) is 2. The molecule has 0 fully saturated rings. The molecular formula is C20H26F2IN3O2. The third kappa shape index (κ3) is 8.39. The Bertz CT molecular complexity index is 760. The molecule has 0 aromatic heterocycles. The van der Waals surface area contributed by atoms with E-state index in [9.17, 15) is 8.78 Å². The van der Waals surface area contributed by atoms with Gasteiger partial charge in [0, 0.05) is 45.5 Å². The minimum Gasteiger partial charge on any atom is -0.493 e. The van der Waals surface area contributed by atoms with E-state index in [1.54, 1.807) is 14.2 Å². The van der Waals surface area contributed by atoms with Crippen molar-refractivity contribution in [3.8, 4) is 5.75 Å². The van der Waals surface area contributed by atoms with E-state index >= 15 is 0 Å². The first-order valence-electron chi connectivity index (χ1n) is 8.76. The Morgan fingerprint density at radius 2 is 1.93 bits per heavy atom. The van der Waals surface area contributed by atoms with E-state index in [0.29, 0.717) is 37.7 Å². The van der Waals surface area contributed by atoms with Gasteiger partial charge < -0.3 is 20.1 Å². The van der Waals surface area contributed by atoms with E-state index < -0.39 is 11.6 Å². The summed E-state index contributed by atoms with van der Waals surface area (Å²) in [5.41, 5.74) is 1.13. The molecule has 2 rings (SSSR count). The van der Waals surface area contributed by atoms with Gasteiger partial charge in [0.2, 0.25) is 0 Å². The molecular weight excluding hydrogens is 479 g/mol. The average molecular weight is 505 g/mol. The van der Waals surface area contributed by atoms with Crippen LogP contribution in [-0.4, -0.2) is 39.9 Å². The van der Waals surface area contributed by atoms with E-state index in [1.165, 1.54) is 6.07 Å². The van der Waals surface area contributed by atoms with Crippen LogP contribution in [0.15, 0.2) is 47.5 Å². The van der Waals surface area contributed by atoms with Gasteiger partial charge in [0.1, 0.15) is 17.4 Å². The van der Waals surface area contributed by atoms with Crippen molar-refractivity contribution >= 4 is 35.6 Å². The number of guanidine groups is 1. The van der Waals surface area contributed by atoms with Crippen molar-refractivity contribution in [1.29, 1.82) is 0 Å². The van der Waals surface area contributed by atoms with Crippen LogP contribution in [-0.2, 0) is 11.2 Å². The van der Waals surface area contributed by atoms with E-state index in [2.05, 4.69) is 15.6 Å². The van der Waals surface area contributed by atoms with E-state index in [0.717, 1.165) is 30.0 Å². The molecule has 0 saturated heterocycles. The molecule has 28 heavy (non-hydrogen) atoms. The molecule has 8 heteroatoms. The smallest absolute Gasteiger partial charge is 0.195 e. The number of methoxy groups -OCH3 is 1. The normalized spacial score (nSPS) is 10.9. The van der Waals surface area contributed by atoms with Gasteiger partial charge in [-0.15, -0.1) is 24.0 Å². The van der Waals surface area contributed by atoms with Crippen LogP contribution in [0.2, 0.25) is 0 Å². The molecule has 5 nitrogen and oxygen atoms in total. The maximum atomic E-state index is 13.7. The van der Waals surface area contributed by atoms with Gasteiger partial charge in [0.15, 0.2) is 5.96 Å². The maximum Gasteiger partial charge on any atom is 0.195 e. The van der Waals surface area contributed by atoms with E-state index in [4.69, 9.17) is 9.47 Å². The van der Waals surface area contributed by atoms with Crippen molar-refractivity contribution in [3.63, 3.8) is 0 Å². The summed E-state index contributed by atoms with van der Waals surface area (Å²) in [4.78, 5) is 4.14. The topological polar surface area (TPSA) is 54.9 Å². The fourth-order valence-corrected chi connectivity index (χ4v) is 2.42. The Hall–Kier alpha value is -1.94. The zero-order valence-electron chi connectivity index (χ0n) is 16.0. The van der Waals surface area contributed by atoms with Crippen molar-refractivity contribution in [2.45, 2.75) is 12.8 Å². The van der Waals surface area contributed by atoms with E-state index in [1.807, 2.05) is 24.3 Å². The Balaban J connectivity index is 0.00000392. The Morgan fingerprint density at radius 3 is 2.68 bits per heavy atom. The SMILES string of the molecule is CN=C(NCCc1cc(F)ccc1F)Nc1cccc(OCCCOC)c1.I. The van der Waals surface area contributed by atoms with Crippen LogP contribution >= 0.6 is 24.0 Å². The van der Waals surface area contributed by atoms with Crippen LogP contribution in [0, 0.1) is 11.6 Å². The minimum atomic E-state index is -0.448. The number of nitrogens with one attached hydrogen (secondary N) is 2. The number of anilines is 1. The third-order valence-electron chi connectivity index (χ3n) is 3.78. The van der Waals surface area contributed by atoms with Gasteiger partial charge in [0.25, 0.3) is 0 Å². The number of aliphatic imine (C=N–C) groups is 1. The Kier molecular flexibility index (Phi) is 11.4. The molecule has 0 aliphatic heterocycles. The summed E-state index contributed by atoms with van der Waals surface area (Å²) in [6.07, 6.45) is 1.15. The van der Waals surface area contributed by atoms with Crippen molar-refractivity contribution < 1.29 is 18.3 Å². The molecule has 0 atom stereocenters. The summed E-state index contributed by atoms with van der Waals surface area (Å²) in [5, 5.41) is 6.23. The first-order chi connectivity index (χ1) is 13.1. The lowest BCUT2D eigenvalue weighted by molar-refractivity contribution is 0.172. The number of hydrogen-bond acceptors (Lipinski definition) is 3. The fourth-order valence-electron chi connectivity index (χ4n) is 2.42. The predicted molar refractivity (Wildman–Crippen MR) is 119 cm³/mol. The molecule has 154 valence electrons. The molecule has 0 saturated carbocycles. The highest BCUT2D eigenvalue weighted by molar-refractivity contribution is 14.0.